The number of hydrogen-bond acceptors (Lipinski definition) is 0. The molecule has 3 heteroatoms. The van der Waals surface area contributed by atoms with Crippen molar-refractivity contribution in [2.24, 2.45) is 0 Å². The largest absolute Gasteiger partial charge is 1.00 e. The fourth-order valence-electron chi connectivity index (χ4n) is 3.32. The van der Waals surface area contributed by atoms with Crippen LogP contribution in [0.1, 0.15) is 75.2 Å². The summed E-state index contributed by atoms with van der Waals surface area (Å²) in [6.45, 7) is 10.4. The van der Waals surface area contributed by atoms with Crippen LogP contribution in [0.15, 0.2) is 43.2 Å². The fourth-order valence-corrected chi connectivity index (χ4v) is 3.32. The second kappa shape index (κ2) is 12.8. The second-order valence-electron chi connectivity index (χ2n) is 7.09. The van der Waals surface area contributed by atoms with Gasteiger partial charge in [-0.1, -0.05) is 82.4 Å². The first kappa shape index (κ1) is 22.5. The summed E-state index contributed by atoms with van der Waals surface area (Å²) >= 11 is 0. The SMILES string of the molecule is C=Cc1ccc(C[n+]2ccn(CCCCCCCCCC)c2C)cc1.[Cl-]. The Labute approximate surface area is 166 Å². The van der Waals surface area contributed by atoms with E-state index in [1.807, 2.05) is 6.08 Å². The van der Waals surface area contributed by atoms with Gasteiger partial charge >= 0.3 is 0 Å². The molecule has 2 nitrogen and oxygen atoms in total. The molecule has 0 saturated heterocycles. The van der Waals surface area contributed by atoms with Gasteiger partial charge in [-0.05, 0) is 24.0 Å². The molecule has 0 saturated carbocycles. The minimum Gasteiger partial charge on any atom is -1.00 e. The molecule has 26 heavy (non-hydrogen) atoms. The Hall–Kier alpha value is -1.54. The number of hydrogen-bond donors (Lipinski definition) is 0. The Morgan fingerprint density at radius 2 is 1.58 bits per heavy atom. The van der Waals surface area contributed by atoms with Gasteiger partial charge in [-0.3, -0.25) is 0 Å². The molecule has 0 aliphatic rings. The molecule has 0 amide bonds. The zero-order valence-electron chi connectivity index (χ0n) is 16.6. The average molecular weight is 375 g/mol. The highest BCUT2D eigenvalue weighted by Crippen LogP contribution is 2.10. The van der Waals surface area contributed by atoms with E-state index >= 15 is 0 Å². The van der Waals surface area contributed by atoms with Crippen LogP contribution < -0.4 is 17.0 Å². The van der Waals surface area contributed by atoms with E-state index in [1.54, 1.807) is 0 Å². The first-order valence-electron chi connectivity index (χ1n) is 10.0. The fraction of sp³-hybridized carbons (Fsp3) is 0.522. The maximum absolute atomic E-state index is 3.81. The van der Waals surface area contributed by atoms with Crippen LogP contribution in [0, 0.1) is 6.92 Å². The third kappa shape index (κ3) is 7.37. The van der Waals surface area contributed by atoms with Crippen molar-refractivity contribution in [1.82, 2.24) is 4.57 Å². The number of rotatable bonds is 12. The number of halogens is 1. The van der Waals surface area contributed by atoms with Crippen molar-refractivity contribution in [2.75, 3.05) is 0 Å². The van der Waals surface area contributed by atoms with Gasteiger partial charge in [0.1, 0.15) is 18.9 Å². The lowest BCUT2D eigenvalue weighted by molar-refractivity contribution is -0.694. The summed E-state index contributed by atoms with van der Waals surface area (Å²) in [7, 11) is 0. The molecule has 2 aromatic rings. The average Bonchev–Trinajstić information content (AvgIpc) is 2.98. The molecular weight excluding hydrogens is 340 g/mol. The van der Waals surface area contributed by atoms with Crippen molar-refractivity contribution in [3.05, 3.63) is 60.2 Å². The number of nitrogens with zero attached hydrogens (tertiary/aromatic N) is 2. The molecule has 2 rings (SSSR count). The molecule has 0 spiro atoms. The quantitative estimate of drug-likeness (QED) is 0.399. The summed E-state index contributed by atoms with van der Waals surface area (Å²) < 4.78 is 4.74. The van der Waals surface area contributed by atoms with Crippen LogP contribution in [0.4, 0.5) is 0 Å². The van der Waals surface area contributed by atoms with Gasteiger partial charge in [0, 0.05) is 6.92 Å². The third-order valence-corrected chi connectivity index (χ3v) is 5.08. The van der Waals surface area contributed by atoms with Crippen LogP contribution in [0.3, 0.4) is 0 Å². The predicted octanol–water partition coefficient (Wildman–Crippen LogP) is 2.92. The number of benzene rings is 1. The monoisotopic (exact) mass is 374 g/mol. The number of unbranched alkanes of at least 4 members (excludes halogenated alkanes) is 7. The van der Waals surface area contributed by atoms with Crippen molar-refractivity contribution in [2.45, 2.75) is 78.3 Å². The summed E-state index contributed by atoms with van der Waals surface area (Å²) in [5, 5.41) is 0. The first-order valence-corrected chi connectivity index (χ1v) is 10.0. The van der Waals surface area contributed by atoms with E-state index in [-0.39, 0.29) is 12.4 Å². The summed E-state index contributed by atoms with van der Waals surface area (Å²) in [6.07, 6.45) is 17.3. The molecular formula is C23H35ClN2. The second-order valence-corrected chi connectivity index (χ2v) is 7.09. The van der Waals surface area contributed by atoms with Crippen LogP contribution in [-0.2, 0) is 13.1 Å². The minimum atomic E-state index is 0. The number of imidazole rings is 1. The smallest absolute Gasteiger partial charge is 0.253 e. The van der Waals surface area contributed by atoms with Crippen LogP contribution in [0.5, 0.6) is 0 Å². The summed E-state index contributed by atoms with van der Waals surface area (Å²) in [5.41, 5.74) is 2.52. The summed E-state index contributed by atoms with van der Waals surface area (Å²) in [5.74, 6) is 1.34. The van der Waals surface area contributed by atoms with Gasteiger partial charge in [-0.15, -0.1) is 0 Å². The maximum Gasteiger partial charge on any atom is 0.253 e. The van der Waals surface area contributed by atoms with Crippen LogP contribution in [0.2, 0.25) is 0 Å². The Kier molecular flexibility index (Phi) is 11.0. The van der Waals surface area contributed by atoms with Crippen molar-refractivity contribution >= 4 is 6.08 Å². The van der Waals surface area contributed by atoms with Crippen LogP contribution in [-0.4, -0.2) is 4.57 Å². The van der Waals surface area contributed by atoms with Crippen molar-refractivity contribution in [3.8, 4) is 0 Å². The van der Waals surface area contributed by atoms with E-state index in [1.165, 1.54) is 68.3 Å². The molecule has 1 aromatic heterocycles. The van der Waals surface area contributed by atoms with Gasteiger partial charge in [0.15, 0.2) is 0 Å². The van der Waals surface area contributed by atoms with Crippen molar-refractivity contribution < 1.29 is 17.0 Å². The molecule has 0 atom stereocenters. The number of aromatic nitrogens is 2. The Morgan fingerprint density at radius 3 is 2.19 bits per heavy atom. The Balaban J connectivity index is 0.00000338. The van der Waals surface area contributed by atoms with E-state index in [0.717, 1.165) is 13.1 Å². The maximum atomic E-state index is 3.81. The minimum absolute atomic E-state index is 0. The highest BCUT2D eigenvalue weighted by Gasteiger charge is 2.12. The highest BCUT2D eigenvalue weighted by atomic mass is 35.5. The van der Waals surface area contributed by atoms with Crippen molar-refractivity contribution in [3.63, 3.8) is 0 Å². The standard InChI is InChI=1S/C23H35N2.ClH/c1-4-6-7-8-9-10-11-12-17-24-18-19-25(21(24)3)20-23-15-13-22(5-2)14-16-23;/h5,13-16,18-19H,2,4,6-12,17,20H2,1,3H3;1H/q+1;/p-1. The van der Waals surface area contributed by atoms with E-state index < -0.39 is 0 Å². The normalized spacial score (nSPS) is 10.5. The first-order chi connectivity index (χ1) is 12.2. The molecule has 0 aliphatic heterocycles. The van der Waals surface area contributed by atoms with Gasteiger partial charge < -0.3 is 12.4 Å². The van der Waals surface area contributed by atoms with Crippen LogP contribution >= 0.6 is 0 Å². The molecule has 0 radical (unpaired) electrons. The van der Waals surface area contributed by atoms with Crippen molar-refractivity contribution in [1.29, 1.82) is 0 Å². The zero-order chi connectivity index (χ0) is 17.9. The summed E-state index contributed by atoms with van der Waals surface area (Å²) in [4.78, 5) is 0. The lowest BCUT2D eigenvalue weighted by atomic mass is 10.1. The molecule has 1 heterocycles. The topological polar surface area (TPSA) is 8.81 Å². The Morgan fingerprint density at radius 1 is 0.962 bits per heavy atom. The van der Waals surface area contributed by atoms with Gasteiger partial charge in [-0.2, -0.15) is 0 Å². The predicted molar refractivity (Wildman–Crippen MR) is 108 cm³/mol. The molecule has 1 aromatic carbocycles. The molecule has 0 fully saturated rings. The highest BCUT2D eigenvalue weighted by molar-refractivity contribution is 5.47. The van der Waals surface area contributed by atoms with Gasteiger partial charge in [0.2, 0.25) is 0 Å². The van der Waals surface area contributed by atoms with Crippen LogP contribution in [0.25, 0.3) is 6.08 Å². The number of aryl methyl sites for hydroxylation is 1. The lowest BCUT2D eigenvalue weighted by Gasteiger charge is -2.03. The third-order valence-electron chi connectivity index (χ3n) is 5.08. The molecule has 0 bridgehead atoms. The molecule has 144 valence electrons. The van der Waals surface area contributed by atoms with Gasteiger partial charge in [-0.25, -0.2) is 9.13 Å². The molecule has 0 N–H and O–H groups in total. The molecule has 0 unspecified atom stereocenters. The zero-order valence-corrected chi connectivity index (χ0v) is 17.3. The summed E-state index contributed by atoms with van der Waals surface area (Å²) in [6, 6.07) is 8.66. The Bertz CT molecular complexity index is 628. The van der Waals surface area contributed by atoms with E-state index in [0.29, 0.717) is 0 Å². The molecule has 0 aliphatic carbocycles. The van der Waals surface area contributed by atoms with E-state index in [9.17, 15) is 0 Å². The lowest BCUT2D eigenvalue weighted by Crippen LogP contribution is -3.00. The van der Waals surface area contributed by atoms with E-state index in [4.69, 9.17) is 0 Å². The van der Waals surface area contributed by atoms with Gasteiger partial charge in [0.25, 0.3) is 5.82 Å². The van der Waals surface area contributed by atoms with E-state index in [2.05, 4.69) is 66.2 Å². The van der Waals surface area contributed by atoms with Gasteiger partial charge in [0.05, 0.1) is 6.54 Å².